The first kappa shape index (κ1) is 15.0. The van der Waals surface area contributed by atoms with Gasteiger partial charge in [0.05, 0.1) is 17.4 Å². The Balaban J connectivity index is 2.08. The van der Waals surface area contributed by atoms with Gasteiger partial charge in [0.15, 0.2) is 5.82 Å². The van der Waals surface area contributed by atoms with E-state index in [9.17, 15) is 4.79 Å². The number of pyridine rings is 1. The molecule has 2 rings (SSSR count). The molecule has 0 radical (unpaired) electrons. The third-order valence-corrected chi connectivity index (χ3v) is 3.08. The van der Waals surface area contributed by atoms with Crippen LogP contribution >= 0.6 is 0 Å². The number of aromatic nitrogens is 2. The summed E-state index contributed by atoms with van der Waals surface area (Å²) in [5.41, 5.74) is 1.26. The van der Waals surface area contributed by atoms with Crippen LogP contribution in [0, 0.1) is 6.92 Å². The average molecular weight is 288 g/mol. The van der Waals surface area contributed by atoms with Crippen molar-refractivity contribution in [2.75, 3.05) is 18.9 Å². The predicted molar refractivity (Wildman–Crippen MR) is 80.6 cm³/mol. The molecule has 0 unspecified atom stereocenters. The second-order valence-electron chi connectivity index (χ2n) is 4.99. The van der Waals surface area contributed by atoms with E-state index in [1.165, 1.54) is 0 Å². The molecule has 0 aliphatic rings. The molecule has 0 atom stereocenters. The number of nitrogens with one attached hydrogen (secondary N) is 1. The van der Waals surface area contributed by atoms with Gasteiger partial charge in [-0.25, -0.2) is 0 Å². The lowest BCUT2D eigenvalue weighted by atomic mass is 10.2. The number of nitrogens with zero attached hydrogens (tertiary/aromatic N) is 3. The maximum Gasteiger partial charge on any atom is 0.255 e. The van der Waals surface area contributed by atoms with Gasteiger partial charge in [-0.3, -0.25) is 9.78 Å². The van der Waals surface area contributed by atoms with Crippen LogP contribution in [-0.4, -0.2) is 34.5 Å². The van der Waals surface area contributed by atoms with Crippen molar-refractivity contribution in [1.82, 2.24) is 15.0 Å². The number of unbranched alkanes of at least 4 members (excludes halogenated alkanes) is 1. The van der Waals surface area contributed by atoms with Gasteiger partial charge in [0.2, 0.25) is 0 Å². The van der Waals surface area contributed by atoms with E-state index >= 15 is 0 Å². The van der Waals surface area contributed by atoms with Gasteiger partial charge in [0, 0.05) is 25.9 Å². The Morgan fingerprint density at radius 2 is 2.19 bits per heavy atom. The summed E-state index contributed by atoms with van der Waals surface area (Å²) in [5.74, 6) is 1.28. The number of hydrogen-bond donors (Lipinski definition) is 1. The minimum atomic E-state index is -0.0315. The number of amides is 1. The molecule has 1 N–H and O–H groups in total. The van der Waals surface area contributed by atoms with Gasteiger partial charge in [0.1, 0.15) is 5.76 Å². The summed E-state index contributed by atoms with van der Waals surface area (Å²) in [7, 11) is 1.80. The maximum absolute atomic E-state index is 12.3. The van der Waals surface area contributed by atoms with Gasteiger partial charge in [0.25, 0.3) is 5.91 Å². The number of carbonyl (C=O) groups is 1. The molecular weight excluding hydrogens is 268 g/mol. The van der Waals surface area contributed by atoms with E-state index in [4.69, 9.17) is 4.52 Å². The first-order chi connectivity index (χ1) is 10.1. The first-order valence-corrected chi connectivity index (χ1v) is 7.01. The Labute approximate surface area is 124 Å². The quantitative estimate of drug-likeness (QED) is 0.884. The fourth-order valence-corrected chi connectivity index (χ4v) is 1.92. The van der Waals surface area contributed by atoms with Crippen molar-refractivity contribution in [2.45, 2.75) is 26.7 Å². The van der Waals surface area contributed by atoms with Crippen LogP contribution in [0.4, 0.5) is 11.5 Å². The van der Waals surface area contributed by atoms with Crippen molar-refractivity contribution in [1.29, 1.82) is 0 Å². The summed E-state index contributed by atoms with van der Waals surface area (Å²) in [6.45, 7) is 4.67. The molecule has 0 saturated heterocycles. The highest BCUT2D eigenvalue weighted by atomic mass is 16.5. The Morgan fingerprint density at radius 1 is 1.38 bits per heavy atom. The molecule has 2 aromatic rings. The number of anilines is 2. The van der Waals surface area contributed by atoms with E-state index < -0.39 is 0 Å². The summed E-state index contributed by atoms with van der Waals surface area (Å²) < 4.78 is 4.99. The van der Waals surface area contributed by atoms with E-state index in [-0.39, 0.29) is 5.91 Å². The maximum atomic E-state index is 12.3. The van der Waals surface area contributed by atoms with Gasteiger partial charge < -0.3 is 14.7 Å². The number of carbonyl (C=O) groups excluding carboxylic acids is 1. The van der Waals surface area contributed by atoms with Crippen LogP contribution in [0.5, 0.6) is 0 Å². The molecule has 6 nitrogen and oxygen atoms in total. The highest BCUT2D eigenvalue weighted by Gasteiger charge is 2.12. The number of hydrogen-bond acceptors (Lipinski definition) is 5. The summed E-state index contributed by atoms with van der Waals surface area (Å²) in [5, 5.41) is 6.92. The van der Waals surface area contributed by atoms with E-state index in [0.29, 0.717) is 17.1 Å². The molecule has 0 aliphatic heterocycles. The molecule has 0 bridgehead atoms. The van der Waals surface area contributed by atoms with E-state index in [1.54, 1.807) is 36.5 Å². The van der Waals surface area contributed by atoms with Gasteiger partial charge in [-0.2, -0.15) is 0 Å². The van der Waals surface area contributed by atoms with E-state index in [1.807, 2.05) is 6.92 Å². The highest BCUT2D eigenvalue weighted by Crippen LogP contribution is 2.17. The van der Waals surface area contributed by atoms with Gasteiger partial charge in [-0.15, -0.1) is 0 Å². The van der Waals surface area contributed by atoms with Crippen molar-refractivity contribution in [3.63, 3.8) is 0 Å². The summed E-state index contributed by atoms with van der Waals surface area (Å²) in [4.78, 5) is 18.1. The van der Waals surface area contributed by atoms with Crippen LogP contribution < -0.4 is 5.32 Å². The summed E-state index contributed by atoms with van der Waals surface area (Å²) in [6.07, 6.45) is 5.27. The third kappa shape index (κ3) is 4.05. The molecule has 112 valence electrons. The molecule has 21 heavy (non-hydrogen) atoms. The monoisotopic (exact) mass is 288 g/mol. The third-order valence-electron chi connectivity index (χ3n) is 3.08. The van der Waals surface area contributed by atoms with Crippen LogP contribution in [0.3, 0.4) is 0 Å². The van der Waals surface area contributed by atoms with Crippen molar-refractivity contribution in [3.8, 4) is 0 Å². The molecule has 6 heteroatoms. The minimum absolute atomic E-state index is 0.0315. The average Bonchev–Trinajstić information content (AvgIpc) is 2.89. The van der Waals surface area contributed by atoms with Crippen LogP contribution in [0.25, 0.3) is 0 Å². The molecule has 1 amide bonds. The summed E-state index contributed by atoms with van der Waals surface area (Å²) in [6, 6.07) is 3.55. The SMILES string of the molecule is CCCCN(C)C(=O)c1cncc(Nc2cc(C)on2)c1. The fraction of sp³-hybridized carbons (Fsp3) is 0.400. The minimum Gasteiger partial charge on any atom is -0.360 e. The van der Waals surface area contributed by atoms with Crippen LogP contribution in [0.1, 0.15) is 35.9 Å². The lowest BCUT2D eigenvalue weighted by molar-refractivity contribution is 0.0793. The topological polar surface area (TPSA) is 71.3 Å². The lowest BCUT2D eigenvalue weighted by Crippen LogP contribution is -2.27. The zero-order chi connectivity index (χ0) is 15.2. The van der Waals surface area contributed by atoms with Gasteiger partial charge in [-0.1, -0.05) is 18.5 Å². The number of rotatable bonds is 6. The Kier molecular flexibility index (Phi) is 4.92. The molecular formula is C15H20N4O2. The van der Waals surface area contributed by atoms with Crippen molar-refractivity contribution < 1.29 is 9.32 Å². The normalized spacial score (nSPS) is 10.4. The van der Waals surface area contributed by atoms with Crippen LogP contribution in [0.2, 0.25) is 0 Å². The first-order valence-electron chi connectivity index (χ1n) is 7.01. The standard InChI is InChI=1S/C15H20N4O2/c1-4-5-6-19(3)15(20)12-8-13(10-16-9-12)17-14-7-11(2)21-18-14/h7-10H,4-6H2,1-3H3,(H,17,18). The zero-order valence-electron chi connectivity index (χ0n) is 12.6. The van der Waals surface area contributed by atoms with Crippen molar-refractivity contribution in [2.24, 2.45) is 0 Å². The smallest absolute Gasteiger partial charge is 0.255 e. The van der Waals surface area contributed by atoms with Crippen molar-refractivity contribution >= 4 is 17.4 Å². The Bertz CT molecular complexity index is 609. The molecule has 2 heterocycles. The molecule has 0 fully saturated rings. The predicted octanol–water partition coefficient (Wildman–Crippen LogP) is 2.99. The lowest BCUT2D eigenvalue weighted by Gasteiger charge is -2.16. The zero-order valence-corrected chi connectivity index (χ0v) is 12.6. The Hall–Kier alpha value is -2.37. The van der Waals surface area contributed by atoms with Gasteiger partial charge >= 0.3 is 0 Å². The fourth-order valence-electron chi connectivity index (χ4n) is 1.92. The molecule has 0 aromatic carbocycles. The second-order valence-corrected chi connectivity index (χ2v) is 4.99. The van der Waals surface area contributed by atoms with E-state index in [2.05, 4.69) is 22.4 Å². The molecule has 0 aliphatic carbocycles. The molecule has 0 saturated carbocycles. The van der Waals surface area contributed by atoms with E-state index in [0.717, 1.165) is 25.1 Å². The number of aryl methyl sites for hydroxylation is 1. The van der Waals surface area contributed by atoms with Crippen LogP contribution in [-0.2, 0) is 0 Å². The molecule has 2 aromatic heterocycles. The summed E-state index contributed by atoms with van der Waals surface area (Å²) >= 11 is 0. The molecule has 0 spiro atoms. The second kappa shape index (κ2) is 6.88. The van der Waals surface area contributed by atoms with Crippen LogP contribution in [0.15, 0.2) is 29.0 Å². The van der Waals surface area contributed by atoms with Crippen molar-refractivity contribution in [3.05, 3.63) is 35.9 Å². The Morgan fingerprint density at radius 3 is 2.86 bits per heavy atom. The largest absolute Gasteiger partial charge is 0.360 e. The van der Waals surface area contributed by atoms with Gasteiger partial charge in [-0.05, 0) is 19.4 Å². The highest BCUT2D eigenvalue weighted by molar-refractivity contribution is 5.94.